The van der Waals surface area contributed by atoms with E-state index in [0.717, 1.165) is 11.3 Å². The zero-order valence-electron chi connectivity index (χ0n) is 15.6. The van der Waals surface area contributed by atoms with E-state index in [1.54, 1.807) is 22.2 Å². The van der Waals surface area contributed by atoms with Crippen molar-refractivity contribution >= 4 is 63.4 Å². The molecule has 0 saturated carbocycles. The third-order valence-corrected chi connectivity index (χ3v) is 7.10. The molecule has 0 atom stereocenters. The van der Waals surface area contributed by atoms with Gasteiger partial charge in [0.25, 0.3) is 5.69 Å². The summed E-state index contributed by atoms with van der Waals surface area (Å²) in [5, 5.41) is 20.3. The van der Waals surface area contributed by atoms with Gasteiger partial charge in [-0.1, -0.05) is 41.3 Å². The third-order valence-electron chi connectivity index (χ3n) is 3.98. The van der Waals surface area contributed by atoms with Gasteiger partial charge in [-0.3, -0.25) is 14.9 Å². The average Bonchev–Trinajstić information content (AvgIpc) is 3.39. The number of nitro benzene ring substituents is 1. The minimum Gasteiger partial charge on any atom is -0.301 e. The van der Waals surface area contributed by atoms with Crippen molar-refractivity contribution in [1.29, 1.82) is 0 Å². The molecule has 156 valence electrons. The topological polar surface area (TPSA) is 103 Å². The van der Waals surface area contributed by atoms with Crippen LogP contribution in [0, 0.1) is 14.1 Å². The summed E-state index contributed by atoms with van der Waals surface area (Å²) in [7, 11) is 0. The number of nitrogens with zero attached hydrogens (tertiary/aromatic N) is 4. The van der Waals surface area contributed by atoms with Crippen LogP contribution in [0.1, 0.15) is 0 Å². The van der Waals surface area contributed by atoms with Crippen LogP contribution in [0.3, 0.4) is 0 Å². The number of nitrogens with one attached hydrogen (secondary N) is 1. The summed E-state index contributed by atoms with van der Waals surface area (Å²) in [6, 6.07) is 15.7. The summed E-state index contributed by atoms with van der Waals surface area (Å²) in [6.07, 6.45) is 0. The smallest absolute Gasteiger partial charge is 0.269 e. The highest BCUT2D eigenvalue weighted by molar-refractivity contribution is 8.01. The highest BCUT2D eigenvalue weighted by atomic mass is 32.2. The van der Waals surface area contributed by atoms with Crippen molar-refractivity contribution in [2.24, 2.45) is 0 Å². The molecule has 2 heterocycles. The predicted molar refractivity (Wildman–Crippen MR) is 126 cm³/mol. The Morgan fingerprint density at radius 3 is 2.65 bits per heavy atom. The first-order valence-electron chi connectivity index (χ1n) is 8.78. The van der Waals surface area contributed by atoms with Crippen LogP contribution in [0.2, 0.25) is 0 Å². The predicted octanol–water partition coefficient (Wildman–Crippen LogP) is 5.43. The number of anilines is 1. The molecule has 4 aromatic rings. The van der Waals surface area contributed by atoms with Gasteiger partial charge in [0.1, 0.15) is 0 Å². The van der Waals surface area contributed by atoms with E-state index in [1.165, 1.54) is 46.6 Å². The molecule has 1 amide bonds. The van der Waals surface area contributed by atoms with Gasteiger partial charge in [0.05, 0.1) is 22.1 Å². The number of amides is 1. The number of rotatable bonds is 7. The first kappa shape index (κ1) is 21.3. The number of thiazole rings is 1. The highest BCUT2D eigenvalue weighted by Gasteiger charge is 2.12. The summed E-state index contributed by atoms with van der Waals surface area (Å²) < 4.78 is 2.99. The van der Waals surface area contributed by atoms with Crippen molar-refractivity contribution in [2.75, 3.05) is 11.1 Å². The fourth-order valence-corrected chi connectivity index (χ4v) is 5.45. The lowest BCUT2D eigenvalue weighted by Crippen LogP contribution is -2.13. The Bertz CT molecular complexity index is 1280. The Balaban J connectivity index is 1.36. The summed E-state index contributed by atoms with van der Waals surface area (Å²) in [4.78, 5) is 27.0. The quantitative estimate of drug-likeness (QED) is 0.161. The molecule has 4 rings (SSSR count). The van der Waals surface area contributed by atoms with Crippen LogP contribution in [0.4, 0.5) is 10.8 Å². The largest absolute Gasteiger partial charge is 0.301 e. The summed E-state index contributed by atoms with van der Waals surface area (Å²) in [5.41, 5.74) is 2.27. The van der Waals surface area contributed by atoms with Gasteiger partial charge < -0.3 is 5.32 Å². The number of carbonyl (C=O) groups excluding carboxylic acids is 1. The second kappa shape index (κ2) is 9.47. The minimum atomic E-state index is -0.452. The van der Waals surface area contributed by atoms with E-state index < -0.39 is 4.92 Å². The van der Waals surface area contributed by atoms with E-state index in [1.807, 2.05) is 30.3 Å². The fourth-order valence-electron chi connectivity index (χ4n) is 2.55. The maximum atomic E-state index is 12.3. The van der Waals surface area contributed by atoms with E-state index in [-0.39, 0.29) is 17.3 Å². The van der Waals surface area contributed by atoms with Crippen molar-refractivity contribution in [2.45, 2.75) is 4.34 Å². The standard InChI is InChI=1S/C19H13N5O3S4/c25-16(11-30-18-22-23(19(28)31-18)13-4-2-1-3-5-13)21-17-20-15(10-29-17)12-6-8-14(9-7-12)24(26)27/h1-10H,11H2,(H,20,21,25). The number of non-ortho nitro benzene ring substituents is 1. The molecule has 0 radical (unpaired) electrons. The molecule has 0 bridgehead atoms. The van der Waals surface area contributed by atoms with E-state index in [4.69, 9.17) is 12.2 Å². The van der Waals surface area contributed by atoms with Crippen LogP contribution in [-0.4, -0.2) is 31.3 Å². The maximum Gasteiger partial charge on any atom is 0.269 e. The normalized spacial score (nSPS) is 10.7. The van der Waals surface area contributed by atoms with Gasteiger partial charge >= 0.3 is 0 Å². The second-order valence-corrected chi connectivity index (χ2v) is 9.76. The molecule has 0 unspecified atom stereocenters. The summed E-state index contributed by atoms with van der Waals surface area (Å²) >= 11 is 9.32. The van der Waals surface area contributed by atoms with Crippen LogP contribution in [0.25, 0.3) is 16.9 Å². The average molecular weight is 488 g/mol. The van der Waals surface area contributed by atoms with Crippen LogP contribution < -0.4 is 5.32 Å². The summed E-state index contributed by atoms with van der Waals surface area (Å²) in [6.45, 7) is 0. The van der Waals surface area contributed by atoms with E-state index >= 15 is 0 Å². The number of hydrogen-bond donors (Lipinski definition) is 1. The molecule has 0 fully saturated rings. The fraction of sp³-hybridized carbons (Fsp3) is 0.0526. The van der Waals surface area contributed by atoms with Gasteiger partial charge in [-0.2, -0.15) is 0 Å². The lowest BCUT2D eigenvalue weighted by molar-refractivity contribution is -0.384. The van der Waals surface area contributed by atoms with Gasteiger partial charge in [-0.05, 0) is 36.5 Å². The van der Waals surface area contributed by atoms with Crippen molar-refractivity contribution in [3.05, 3.63) is 74.0 Å². The van der Waals surface area contributed by atoms with Crippen molar-refractivity contribution < 1.29 is 9.72 Å². The van der Waals surface area contributed by atoms with Crippen molar-refractivity contribution in [3.63, 3.8) is 0 Å². The Hall–Kier alpha value is -2.93. The molecule has 12 heteroatoms. The Morgan fingerprint density at radius 2 is 1.94 bits per heavy atom. The monoisotopic (exact) mass is 487 g/mol. The molecule has 31 heavy (non-hydrogen) atoms. The van der Waals surface area contributed by atoms with Gasteiger partial charge in [0.15, 0.2) is 13.4 Å². The van der Waals surface area contributed by atoms with Gasteiger partial charge in [0.2, 0.25) is 5.91 Å². The van der Waals surface area contributed by atoms with Crippen LogP contribution in [-0.2, 0) is 4.79 Å². The summed E-state index contributed by atoms with van der Waals surface area (Å²) in [5.74, 6) is -0.0363. The molecule has 2 aromatic heterocycles. The van der Waals surface area contributed by atoms with Crippen LogP contribution in [0.5, 0.6) is 0 Å². The molecule has 1 N–H and O–H groups in total. The SMILES string of the molecule is O=C(CSc1nn(-c2ccccc2)c(=S)s1)Nc1nc(-c2ccc([N+](=O)[O-])cc2)cs1. The molecule has 2 aromatic carbocycles. The van der Waals surface area contributed by atoms with Crippen LogP contribution >= 0.6 is 46.7 Å². The molecule has 8 nitrogen and oxygen atoms in total. The molecule has 0 saturated heterocycles. The number of aromatic nitrogens is 3. The Morgan fingerprint density at radius 1 is 1.19 bits per heavy atom. The van der Waals surface area contributed by atoms with E-state index in [0.29, 0.717) is 19.1 Å². The first-order valence-corrected chi connectivity index (χ1v) is 11.9. The van der Waals surface area contributed by atoms with Crippen molar-refractivity contribution in [3.8, 4) is 16.9 Å². The van der Waals surface area contributed by atoms with E-state index in [2.05, 4.69) is 15.4 Å². The maximum absolute atomic E-state index is 12.3. The Kier molecular flexibility index (Phi) is 6.51. The Labute approximate surface area is 193 Å². The minimum absolute atomic E-state index is 0.0162. The number of nitro groups is 1. The second-order valence-electron chi connectivity index (χ2n) is 6.06. The van der Waals surface area contributed by atoms with Gasteiger partial charge in [-0.25, -0.2) is 9.67 Å². The number of hydrogen-bond acceptors (Lipinski definition) is 9. The van der Waals surface area contributed by atoms with Crippen LogP contribution in [0.15, 0.2) is 64.3 Å². The van der Waals surface area contributed by atoms with E-state index in [9.17, 15) is 14.9 Å². The lowest BCUT2D eigenvalue weighted by atomic mass is 10.1. The highest BCUT2D eigenvalue weighted by Crippen LogP contribution is 2.27. The lowest BCUT2D eigenvalue weighted by Gasteiger charge is -2.00. The molecule has 0 aliphatic rings. The number of thioether (sulfide) groups is 1. The zero-order chi connectivity index (χ0) is 21.8. The molecule has 0 aliphatic heterocycles. The molecule has 0 spiro atoms. The van der Waals surface area contributed by atoms with Gasteiger partial charge in [0, 0.05) is 23.1 Å². The van der Waals surface area contributed by atoms with Crippen molar-refractivity contribution in [1.82, 2.24) is 14.8 Å². The number of carbonyl (C=O) groups is 1. The molecular weight excluding hydrogens is 475 g/mol. The molecular formula is C19H13N5O3S4. The number of para-hydroxylation sites is 1. The first-order chi connectivity index (χ1) is 15.0. The zero-order valence-corrected chi connectivity index (χ0v) is 18.9. The molecule has 0 aliphatic carbocycles. The van der Waals surface area contributed by atoms with Gasteiger partial charge in [-0.15, -0.1) is 16.4 Å². The third kappa shape index (κ3) is 5.22. The number of benzene rings is 2.